The summed E-state index contributed by atoms with van der Waals surface area (Å²) in [7, 11) is 0. The van der Waals surface area contributed by atoms with Gasteiger partial charge in [0.15, 0.2) is 6.29 Å². The van der Waals surface area contributed by atoms with E-state index in [1.165, 1.54) is 0 Å². The highest BCUT2D eigenvalue weighted by molar-refractivity contribution is 5.72. The second-order valence-electron chi connectivity index (χ2n) is 2.43. The molecule has 1 rings (SSSR count). The fraction of sp³-hybridized carbons (Fsp3) is 0.625. The average Bonchev–Trinajstić information content (AvgIpc) is 2.03. The maximum absolute atomic E-state index is 9.86. The van der Waals surface area contributed by atoms with Gasteiger partial charge in [-0.25, -0.2) is 0 Å². The lowest BCUT2D eigenvalue weighted by Crippen LogP contribution is -2.26. The van der Waals surface area contributed by atoms with Crippen LogP contribution in [-0.2, 0) is 4.79 Å². The summed E-state index contributed by atoms with van der Waals surface area (Å²) in [6, 6.07) is 0. The molecule has 0 aliphatic carbocycles. The molecular weight excluding hydrogens is 126 g/mol. The molecule has 0 radical (unpaired) electrons. The molecule has 0 aromatic heterocycles. The standard InChI is InChI=1S/C8H11NO/c10-7-1-2-8-3-5-9-6-4-8/h7-9H,3-6H2. The van der Waals surface area contributed by atoms with Crippen LogP contribution in [0.2, 0.25) is 0 Å². The fourth-order valence-electron chi connectivity index (χ4n) is 1.12. The minimum atomic E-state index is 0.450. The van der Waals surface area contributed by atoms with Crippen LogP contribution in [-0.4, -0.2) is 19.4 Å². The third kappa shape index (κ3) is 2.20. The van der Waals surface area contributed by atoms with Crippen molar-refractivity contribution in [3.8, 4) is 11.8 Å². The van der Waals surface area contributed by atoms with Crippen LogP contribution in [0.1, 0.15) is 12.8 Å². The van der Waals surface area contributed by atoms with E-state index in [0.717, 1.165) is 25.9 Å². The number of hydrogen-bond acceptors (Lipinski definition) is 2. The lowest BCUT2D eigenvalue weighted by molar-refractivity contribution is -0.103. The molecule has 0 aromatic carbocycles. The molecule has 0 saturated carbocycles. The van der Waals surface area contributed by atoms with E-state index in [4.69, 9.17) is 0 Å². The molecule has 1 saturated heterocycles. The summed E-state index contributed by atoms with van der Waals surface area (Å²) in [5.74, 6) is 5.82. The first kappa shape index (κ1) is 7.30. The van der Waals surface area contributed by atoms with E-state index in [0.29, 0.717) is 12.2 Å². The van der Waals surface area contributed by atoms with Gasteiger partial charge < -0.3 is 5.32 Å². The number of aldehydes is 1. The van der Waals surface area contributed by atoms with Crippen LogP contribution < -0.4 is 5.32 Å². The number of rotatable bonds is 0. The molecule has 1 aliphatic heterocycles. The molecule has 2 heteroatoms. The van der Waals surface area contributed by atoms with Gasteiger partial charge in [-0.2, -0.15) is 0 Å². The van der Waals surface area contributed by atoms with Crippen LogP contribution in [0.5, 0.6) is 0 Å². The predicted octanol–water partition coefficient (Wildman–Crippen LogP) is 0.188. The van der Waals surface area contributed by atoms with Crippen molar-refractivity contribution in [2.24, 2.45) is 5.92 Å². The Bertz CT molecular complexity index is 160. The van der Waals surface area contributed by atoms with Crippen molar-refractivity contribution < 1.29 is 4.79 Å². The maximum Gasteiger partial charge on any atom is 0.192 e. The third-order valence-corrected chi connectivity index (χ3v) is 1.69. The summed E-state index contributed by atoms with van der Waals surface area (Å²) in [6.45, 7) is 2.08. The van der Waals surface area contributed by atoms with Gasteiger partial charge in [0.05, 0.1) is 0 Å². The molecular formula is C8H11NO. The van der Waals surface area contributed by atoms with E-state index >= 15 is 0 Å². The topological polar surface area (TPSA) is 29.1 Å². The highest BCUT2D eigenvalue weighted by Crippen LogP contribution is 2.08. The average molecular weight is 137 g/mol. The lowest BCUT2D eigenvalue weighted by Gasteiger charge is -2.16. The molecule has 1 fully saturated rings. The number of carbonyl (C=O) groups is 1. The zero-order chi connectivity index (χ0) is 7.23. The summed E-state index contributed by atoms with van der Waals surface area (Å²) in [5.41, 5.74) is 0. The summed E-state index contributed by atoms with van der Waals surface area (Å²) in [4.78, 5) is 9.86. The smallest absolute Gasteiger partial charge is 0.192 e. The molecule has 54 valence electrons. The maximum atomic E-state index is 9.86. The van der Waals surface area contributed by atoms with Crippen molar-refractivity contribution in [2.75, 3.05) is 13.1 Å². The zero-order valence-corrected chi connectivity index (χ0v) is 5.89. The number of nitrogens with one attached hydrogen (secondary N) is 1. The molecule has 0 bridgehead atoms. The second kappa shape index (κ2) is 4.08. The SMILES string of the molecule is O=CC#CC1CCNCC1. The number of hydrogen-bond donors (Lipinski definition) is 1. The van der Waals surface area contributed by atoms with Crippen molar-refractivity contribution in [2.45, 2.75) is 12.8 Å². The highest BCUT2D eigenvalue weighted by Gasteiger charge is 2.08. The van der Waals surface area contributed by atoms with Gasteiger partial charge in [-0.3, -0.25) is 4.79 Å². The van der Waals surface area contributed by atoms with Gasteiger partial charge in [0, 0.05) is 5.92 Å². The van der Waals surface area contributed by atoms with E-state index in [9.17, 15) is 4.79 Å². The Hall–Kier alpha value is -0.810. The van der Waals surface area contributed by atoms with Crippen molar-refractivity contribution in [3.63, 3.8) is 0 Å². The van der Waals surface area contributed by atoms with Gasteiger partial charge in [-0.1, -0.05) is 5.92 Å². The predicted molar refractivity (Wildman–Crippen MR) is 39.4 cm³/mol. The fourth-order valence-corrected chi connectivity index (χ4v) is 1.12. The Morgan fingerprint density at radius 3 is 2.70 bits per heavy atom. The molecule has 0 amide bonds. The van der Waals surface area contributed by atoms with Crippen LogP contribution in [0.3, 0.4) is 0 Å². The van der Waals surface area contributed by atoms with Crippen molar-refractivity contribution in [3.05, 3.63) is 0 Å². The minimum Gasteiger partial charge on any atom is -0.317 e. The molecule has 0 atom stereocenters. The number of carbonyl (C=O) groups excluding carboxylic acids is 1. The van der Waals surface area contributed by atoms with Crippen LogP contribution in [0, 0.1) is 17.8 Å². The van der Waals surface area contributed by atoms with Gasteiger partial charge in [0.1, 0.15) is 0 Å². The molecule has 0 aromatic rings. The normalized spacial score (nSPS) is 19.2. The summed E-state index contributed by atoms with van der Waals surface area (Å²) >= 11 is 0. The third-order valence-electron chi connectivity index (χ3n) is 1.69. The first-order chi connectivity index (χ1) is 4.93. The van der Waals surface area contributed by atoms with E-state index in [-0.39, 0.29) is 0 Å². The van der Waals surface area contributed by atoms with Gasteiger partial charge in [0.25, 0.3) is 0 Å². The molecule has 1 N–H and O–H groups in total. The van der Waals surface area contributed by atoms with Crippen LogP contribution in [0.25, 0.3) is 0 Å². The first-order valence-electron chi connectivity index (χ1n) is 3.59. The molecule has 1 aliphatic rings. The quantitative estimate of drug-likeness (QED) is 0.381. The lowest BCUT2D eigenvalue weighted by atomic mass is 9.99. The Balaban J connectivity index is 2.32. The molecule has 0 unspecified atom stereocenters. The van der Waals surface area contributed by atoms with Crippen LogP contribution in [0.15, 0.2) is 0 Å². The summed E-state index contributed by atoms with van der Waals surface area (Å²) in [6.07, 6.45) is 2.84. The molecule has 1 heterocycles. The molecule has 2 nitrogen and oxygen atoms in total. The van der Waals surface area contributed by atoms with E-state index in [1.54, 1.807) is 0 Å². The van der Waals surface area contributed by atoms with Crippen molar-refractivity contribution in [1.29, 1.82) is 0 Å². The summed E-state index contributed by atoms with van der Waals surface area (Å²) in [5, 5.41) is 3.24. The Morgan fingerprint density at radius 1 is 1.40 bits per heavy atom. The first-order valence-corrected chi connectivity index (χ1v) is 3.59. The number of piperidine rings is 1. The van der Waals surface area contributed by atoms with Crippen LogP contribution in [0.4, 0.5) is 0 Å². The van der Waals surface area contributed by atoms with Crippen molar-refractivity contribution in [1.82, 2.24) is 5.32 Å². The van der Waals surface area contributed by atoms with Gasteiger partial charge >= 0.3 is 0 Å². The monoisotopic (exact) mass is 137 g/mol. The van der Waals surface area contributed by atoms with Crippen LogP contribution >= 0.6 is 0 Å². The van der Waals surface area contributed by atoms with Gasteiger partial charge in [0.2, 0.25) is 0 Å². The Morgan fingerprint density at radius 2 is 2.10 bits per heavy atom. The Kier molecular flexibility index (Phi) is 2.98. The van der Waals surface area contributed by atoms with Gasteiger partial charge in [-0.15, -0.1) is 0 Å². The highest BCUT2D eigenvalue weighted by atomic mass is 16.1. The van der Waals surface area contributed by atoms with Gasteiger partial charge in [-0.05, 0) is 31.9 Å². The van der Waals surface area contributed by atoms with E-state index in [1.807, 2.05) is 0 Å². The molecule has 0 spiro atoms. The Labute approximate surface area is 61.0 Å². The zero-order valence-electron chi connectivity index (χ0n) is 5.89. The largest absolute Gasteiger partial charge is 0.317 e. The minimum absolute atomic E-state index is 0.450. The van der Waals surface area contributed by atoms with Crippen molar-refractivity contribution >= 4 is 6.29 Å². The second-order valence-corrected chi connectivity index (χ2v) is 2.43. The van der Waals surface area contributed by atoms with E-state index < -0.39 is 0 Å². The van der Waals surface area contributed by atoms with E-state index in [2.05, 4.69) is 17.2 Å². The summed E-state index contributed by atoms with van der Waals surface area (Å²) < 4.78 is 0. The molecule has 10 heavy (non-hydrogen) atoms.